The number of thioether (sulfide) groups is 3. The molecule has 12 rings (SSSR count). The maximum Gasteiger partial charge on any atom is 0.294 e. The lowest BCUT2D eigenvalue weighted by molar-refractivity contribution is -0.384. The van der Waals surface area contributed by atoms with Gasteiger partial charge in [0.1, 0.15) is 39.5 Å². The number of nitrogens with one attached hydrogen (secondary N) is 4. The van der Waals surface area contributed by atoms with E-state index in [-0.39, 0.29) is 47.4 Å². The molecule has 0 aliphatic carbocycles. The summed E-state index contributed by atoms with van der Waals surface area (Å²) in [5, 5.41) is 33.1. The lowest BCUT2D eigenvalue weighted by Crippen LogP contribution is -2.29. The number of nitro benzene ring substituents is 1. The minimum atomic E-state index is -0.509. The van der Waals surface area contributed by atoms with E-state index < -0.39 is 21.8 Å². The zero-order chi connectivity index (χ0) is 93.5. The van der Waals surface area contributed by atoms with E-state index in [1.165, 1.54) is 72.7 Å². The number of aliphatic hydroxyl groups is 1. The SMILES string of the molecule is C=CC(=O)Cl.C=CC(=O)Nc1cc(Nc2nccc(-c3cc(F)c4nc(SC)n(C(C)C)c4c3)n2)c(OC)cc1N(C)CCN(C)C.CO.COc1cc(N(C)CCN(C)C)c(N)cc1Nc1nccc(-c2cc(F)c3nc(SC)n(C(C)C)c3c2)n1.COc1cc(N(C)CCN(C)C)c([N+](=O)[O-])cc1Nc1nccc(-c2cc(F)c3nc(SC)n(C(C)C)c3c2)n1. The largest absolute Gasteiger partial charge is 0.494 e. The maximum absolute atomic E-state index is 15.2. The summed E-state index contributed by atoms with van der Waals surface area (Å²) >= 11 is 9.14. The van der Waals surface area contributed by atoms with Crippen molar-refractivity contribution >= 4 is 160 Å². The first-order valence-electron chi connectivity index (χ1n) is 39.9. The third-order valence-electron chi connectivity index (χ3n) is 19.5. The lowest BCUT2D eigenvalue weighted by atomic mass is 10.1. The van der Waals surface area contributed by atoms with E-state index >= 15 is 13.2 Å². The number of aromatic nitrogens is 12. The number of ether oxygens (including phenoxy) is 3. The minimum absolute atomic E-state index is 0.0814. The number of nitro groups is 1. The number of allylic oxidation sites excluding steroid dienone is 1. The Bertz CT molecular complexity index is 5860. The van der Waals surface area contributed by atoms with Crippen molar-refractivity contribution in [2.24, 2.45) is 0 Å². The number of nitrogens with two attached hydrogens (primary N) is 1. The van der Waals surface area contributed by atoms with E-state index in [9.17, 15) is 19.7 Å². The molecule has 0 aliphatic heterocycles. The second kappa shape index (κ2) is 46.4. The second-order valence-electron chi connectivity index (χ2n) is 30.2. The molecule has 0 radical (unpaired) electrons. The summed E-state index contributed by atoms with van der Waals surface area (Å²) in [6, 6.07) is 25.8. The highest BCUT2D eigenvalue weighted by atomic mass is 35.5. The van der Waals surface area contributed by atoms with Crippen molar-refractivity contribution in [1.82, 2.24) is 73.3 Å². The van der Waals surface area contributed by atoms with Crippen LogP contribution in [0.2, 0.25) is 0 Å². The number of carbonyl (C=O) groups is 2. The van der Waals surface area contributed by atoms with Crippen molar-refractivity contribution < 1.29 is 47.0 Å². The van der Waals surface area contributed by atoms with Crippen LogP contribution < -0.4 is 55.9 Å². The van der Waals surface area contributed by atoms with Crippen LogP contribution >= 0.6 is 46.9 Å². The average Bonchev–Trinajstić information content (AvgIpc) is 1.64. The number of carbonyl (C=O) groups excluding carboxylic acids is 2. The van der Waals surface area contributed by atoms with Crippen LogP contribution in [-0.4, -0.2) is 244 Å². The fourth-order valence-electron chi connectivity index (χ4n) is 13.2. The van der Waals surface area contributed by atoms with Crippen LogP contribution in [0.15, 0.2) is 150 Å². The molecule has 0 unspecified atom stereocenters. The third kappa shape index (κ3) is 25.4. The molecule has 7 N–H and O–H groups in total. The molecular weight excluding hydrogens is 1710 g/mol. The van der Waals surface area contributed by atoms with Gasteiger partial charge < -0.3 is 89.4 Å². The Balaban J connectivity index is 0.000000227. The molecule has 6 aromatic carbocycles. The van der Waals surface area contributed by atoms with Crippen LogP contribution in [0.25, 0.3) is 66.9 Å². The van der Waals surface area contributed by atoms with Crippen LogP contribution in [0.3, 0.4) is 0 Å². The van der Waals surface area contributed by atoms with Crippen LogP contribution in [0.5, 0.6) is 17.2 Å². The van der Waals surface area contributed by atoms with Gasteiger partial charge in [-0.05, 0) is 193 Å². The monoisotopic (exact) mass is 1820 g/mol. The second-order valence-corrected chi connectivity index (χ2v) is 32.9. The zero-order valence-corrected chi connectivity index (χ0v) is 78.8. The number of amides is 1. The number of nitrogens with zero attached hydrogens (tertiary/aromatic N) is 19. The standard InChI is InChI=1S/C30H37FN8O2S.C27H33FN8O3S.C27H35FN8OS.C3H3ClO.CH4O/c1-9-27(40)33-22-16-23(26(41-7)17-24(22)38(6)13-12-37(4)5)35-29-32-11-10-21(34-29)19-14-20(31)28-25(15-19)39(18(2)3)30(36-28)42-8;1-16(2)35-23-13-17(12-18(28)25(23)32-27(35)40-7)19-8-9-29-26(30-19)31-20-14-22(36(37)38)21(15-24(20)39-6)34(5)11-10-33(3)4;1-16(2)36-23-13-17(12-18(28)25(23)33-27(36)38-7)20-8-9-30-26(31-20)32-21-14-19(29)22(15-24(21)37-6)35(5)11-10-34(3)4;1-2-3(4)5;1-2/h9-11,14-18H,1,12-13H2,2-8H3,(H,33,40)(H,32,34,35);8-9,12-16H,10-11H2,1-7H3,(H,29,30,31);8-9,12-16H,10-11,29H2,1-7H3,(H,30,31,32);2H,1H2;2H,1H3. The van der Waals surface area contributed by atoms with Crippen molar-refractivity contribution in [1.29, 1.82) is 0 Å². The molecule has 0 saturated carbocycles. The molecule has 0 saturated heterocycles. The number of hydrogen-bond acceptors (Lipinski definition) is 30. The first kappa shape index (κ1) is 100. The van der Waals surface area contributed by atoms with Gasteiger partial charge in [0.2, 0.25) is 29.0 Å². The molecule has 6 aromatic heterocycles. The van der Waals surface area contributed by atoms with Crippen molar-refractivity contribution in [2.45, 2.75) is 75.1 Å². The molecule has 0 atom stereocenters. The normalized spacial score (nSPS) is 11.1. The van der Waals surface area contributed by atoms with Gasteiger partial charge in [0, 0.05) is 145 Å². The van der Waals surface area contributed by atoms with E-state index in [1.54, 1.807) is 70.2 Å². The Kier molecular flexibility index (Phi) is 36.7. The van der Waals surface area contributed by atoms with Gasteiger partial charge in [-0.2, -0.15) is 0 Å². The number of likely N-dealkylation sites (N-methyl/N-ethyl adjacent to an activating group) is 6. The summed E-state index contributed by atoms with van der Waals surface area (Å²) in [5.41, 5.74) is 17.6. The number of nitrogen functional groups attached to an aromatic ring is 1. The highest BCUT2D eigenvalue weighted by Crippen LogP contribution is 2.43. The van der Waals surface area contributed by atoms with Crippen molar-refractivity contribution in [3.8, 4) is 51.0 Å². The molecule has 39 heteroatoms. The number of imidazole rings is 3. The van der Waals surface area contributed by atoms with Crippen LogP contribution in [-0.2, 0) is 9.59 Å². The molecule has 1 amide bonds. The van der Waals surface area contributed by atoms with E-state index in [1.807, 2.05) is 168 Å². The molecule has 0 bridgehead atoms. The minimum Gasteiger partial charge on any atom is -0.494 e. The third-order valence-corrected chi connectivity index (χ3v) is 21.6. The Morgan fingerprint density at radius 2 is 0.811 bits per heavy atom. The molecule has 678 valence electrons. The Hall–Kier alpha value is -12.0. The number of benzene rings is 6. The predicted molar refractivity (Wildman–Crippen MR) is 512 cm³/mol. The van der Waals surface area contributed by atoms with Gasteiger partial charge in [-0.1, -0.05) is 48.4 Å². The van der Waals surface area contributed by atoms with Gasteiger partial charge >= 0.3 is 0 Å². The summed E-state index contributed by atoms with van der Waals surface area (Å²) in [4.78, 5) is 85.9. The fraction of sp³-hybridized carbons (Fsp3) is 0.352. The molecule has 32 nitrogen and oxygen atoms in total. The van der Waals surface area contributed by atoms with Crippen LogP contribution in [0.4, 0.5) is 82.2 Å². The highest BCUT2D eigenvalue weighted by Gasteiger charge is 2.27. The quantitative estimate of drug-likeness (QED) is 0.00545. The first-order valence-corrected chi connectivity index (χ1v) is 44.0. The lowest BCUT2D eigenvalue weighted by Gasteiger charge is -2.26. The Morgan fingerprint density at radius 3 is 1.12 bits per heavy atom. The van der Waals surface area contributed by atoms with Gasteiger partial charge in [0.15, 0.2) is 32.9 Å². The number of halogens is 4. The molecule has 0 spiro atoms. The number of aliphatic hydroxyl groups excluding tert-OH is 1. The Labute approximate surface area is 756 Å². The van der Waals surface area contributed by atoms with E-state index in [4.69, 9.17) is 36.7 Å². The summed E-state index contributed by atoms with van der Waals surface area (Å²) in [6.45, 7) is 23.5. The van der Waals surface area contributed by atoms with E-state index in [0.717, 1.165) is 78.3 Å². The fourth-order valence-corrected chi connectivity index (χ4v) is 15.2. The van der Waals surface area contributed by atoms with Gasteiger partial charge in [-0.25, -0.2) is 58.0 Å². The molecular formula is C88H112ClF3N24O8S3. The summed E-state index contributed by atoms with van der Waals surface area (Å²) < 4.78 is 68.5. The summed E-state index contributed by atoms with van der Waals surface area (Å²) in [6.07, 6.45) is 12.8. The molecule has 12 aromatic rings. The number of anilines is 11. The van der Waals surface area contributed by atoms with Crippen molar-refractivity contribution in [2.75, 3.05) is 192 Å². The Morgan fingerprint density at radius 1 is 0.496 bits per heavy atom. The average molecular weight is 1820 g/mol. The topological polar surface area (TPSA) is 350 Å². The molecule has 6 heterocycles. The van der Waals surface area contributed by atoms with E-state index in [2.05, 4.69) is 108 Å². The number of fused-ring (bicyclic) bond motifs is 3. The van der Waals surface area contributed by atoms with Crippen molar-refractivity contribution in [3.05, 3.63) is 162 Å². The molecule has 127 heavy (non-hydrogen) atoms. The number of hydrogen-bond donors (Lipinski definition) is 6. The van der Waals surface area contributed by atoms with Gasteiger partial charge in [0.25, 0.3) is 5.69 Å². The predicted octanol–water partition coefficient (Wildman–Crippen LogP) is 17.2. The van der Waals surface area contributed by atoms with Crippen molar-refractivity contribution in [3.63, 3.8) is 0 Å². The van der Waals surface area contributed by atoms with Gasteiger partial charge in [-0.15, -0.1) is 0 Å². The van der Waals surface area contributed by atoms with Gasteiger partial charge in [-0.3, -0.25) is 19.7 Å². The molecule has 0 aliphatic rings. The number of methoxy groups -OCH3 is 3. The summed E-state index contributed by atoms with van der Waals surface area (Å²) in [5.74, 6) is 0.761. The zero-order valence-electron chi connectivity index (χ0n) is 75.6. The highest BCUT2D eigenvalue weighted by molar-refractivity contribution is 7.98. The smallest absolute Gasteiger partial charge is 0.294 e. The number of rotatable bonds is 34. The van der Waals surface area contributed by atoms with E-state index in [0.29, 0.717) is 125 Å². The first-order chi connectivity index (χ1) is 60.5. The van der Waals surface area contributed by atoms with Gasteiger partial charge in [0.05, 0.1) is 99.7 Å². The molecule has 0 fully saturated rings. The maximum atomic E-state index is 15.2. The summed E-state index contributed by atoms with van der Waals surface area (Å²) in [7, 11) is 23.4. The van der Waals surface area contributed by atoms with Crippen LogP contribution in [0, 0.1) is 27.6 Å². The van der Waals surface area contributed by atoms with Crippen LogP contribution in [0.1, 0.15) is 59.7 Å².